The lowest BCUT2D eigenvalue weighted by Crippen LogP contribution is -2.20. The molecule has 0 radical (unpaired) electrons. The summed E-state index contributed by atoms with van der Waals surface area (Å²) in [5.41, 5.74) is 5.39. The lowest BCUT2D eigenvalue weighted by molar-refractivity contribution is -0.136. The van der Waals surface area contributed by atoms with Crippen LogP contribution in [0.3, 0.4) is 0 Å². The molecule has 1 N–H and O–H groups in total. The van der Waals surface area contributed by atoms with Gasteiger partial charge in [0.05, 0.1) is 11.3 Å². The van der Waals surface area contributed by atoms with Crippen molar-refractivity contribution in [3.05, 3.63) is 74.4 Å². The number of hydrogen-bond acceptors (Lipinski definition) is 3. The van der Waals surface area contributed by atoms with E-state index in [0.717, 1.165) is 28.1 Å². The van der Waals surface area contributed by atoms with Gasteiger partial charge in [-0.15, -0.1) is 0 Å². The highest BCUT2D eigenvalue weighted by Gasteiger charge is 2.38. The molecule has 0 spiro atoms. The van der Waals surface area contributed by atoms with Gasteiger partial charge in [-0.3, -0.25) is 0 Å². The predicted molar refractivity (Wildman–Crippen MR) is 91.1 cm³/mol. The summed E-state index contributed by atoms with van der Waals surface area (Å²) in [7, 11) is 0. The Hall–Kier alpha value is -1.97. The minimum absolute atomic E-state index is 0.176. The zero-order valence-corrected chi connectivity index (χ0v) is 13.8. The van der Waals surface area contributed by atoms with E-state index < -0.39 is 0 Å². The molecule has 4 rings (SSSR count). The molecule has 116 valence electrons. The Labute approximate surface area is 143 Å². The molecule has 2 aromatic carbocycles. The second-order valence-electron chi connectivity index (χ2n) is 5.77. The van der Waals surface area contributed by atoms with Gasteiger partial charge in [0.25, 0.3) is 0 Å². The van der Waals surface area contributed by atoms with Crippen LogP contribution in [0.2, 0.25) is 10.0 Å². The standard InChI is InChI=1S/C18H13Cl2NO2/c1-9-6-12-14(7-13(9)20)21-15-8-23-18(22)17(15)16(12)10-2-4-11(19)5-3-10/h2-7,16,21H,8H2,1H3. The number of nitrogens with one attached hydrogen (secondary N) is 1. The summed E-state index contributed by atoms with van der Waals surface area (Å²) in [6.07, 6.45) is 0. The van der Waals surface area contributed by atoms with Gasteiger partial charge in [-0.1, -0.05) is 41.4 Å². The van der Waals surface area contributed by atoms with E-state index in [1.807, 2.05) is 43.3 Å². The third-order valence-corrected chi connectivity index (χ3v) is 4.97. The monoisotopic (exact) mass is 345 g/mol. The quantitative estimate of drug-likeness (QED) is 0.763. The smallest absolute Gasteiger partial charge is 0.337 e. The normalized spacial score (nSPS) is 19.1. The van der Waals surface area contributed by atoms with Crippen molar-refractivity contribution >= 4 is 34.9 Å². The van der Waals surface area contributed by atoms with Crippen LogP contribution in [0.5, 0.6) is 0 Å². The topological polar surface area (TPSA) is 38.3 Å². The van der Waals surface area contributed by atoms with Crippen LogP contribution < -0.4 is 5.32 Å². The molecule has 1 unspecified atom stereocenters. The maximum atomic E-state index is 12.2. The summed E-state index contributed by atoms with van der Waals surface area (Å²) in [4.78, 5) is 12.2. The Kier molecular flexibility index (Phi) is 3.36. The predicted octanol–water partition coefficient (Wildman–Crippen LogP) is 4.67. The van der Waals surface area contributed by atoms with Crippen LogP contribution in [-0.4, -0.2) is 12.6 Å². The highest BCUT2D eigenvalue weighted by atomic mass is 35.5. The van der Waals surface area contributed by atoms with Gasteiger partial charge in [-0.05, 0) is 41.8 Å². The molecule has 1 atom stereocenters. The van der Waals surface area contributed by atoms with Crippen LogP contribution >= 0.6 is 23.2 Å². The molecule has 0 saturated heterocycles. The highest BCUT2D eigenvalue weighted by Crippen LogP contribution is 2.45. The minimum Gasteiger partial charge on any atom is -0.456 e. The average molecular weight is 346 g/mol. The summed E-state index contributed by atoms with van der Waals surface area (Å²) in [5.74, 6) is -0.449. The molecule has 2 aliphatic rings. The van der Waals surface area contributed by atoms with E-state index in [4.69, 9.17) is 27.9 Å². The highest BCUT2D eigenvalue weighted by molar-refractivity contribution is 6.31. The first kappa shape index (κ1) is 14.6. The zero-order valence-electron chi connectivity index (χ0n) is 12.3. The van der Waals surface area contributed by atoms with Gasteiger partial charge in [0.2, 0.25) is 0 Å². The summed E-state index contributed by atoms with van der Waals surface area (Å²) < 4.78 is 5.23. The Morgan fingerprint density at radius 1 is 1.17 bits per heavy atom. The van der Waals surface area contributed by atoms with Gasteiger partial charge in [0.1, 0.15) is 6.61 Å². The fraction of sp³-hybridized carbons (Fsp3) is 0.167. The van der Waals surface area contributed by atoms with Crippen molar-refractivity contribution in [3.8, 4) is 0 Å². The van der Waals surface area contributed by atoms with Crippen molar-refractivity contribution in [1.82, 2.24) is 0 Å². The summed E-state index contributed by atoms with van der Waals surface area (Å²) in [5, 5.41) is 4.65. The number of halogens is 2. The number of fused-ring (bicyclic) bond motifs is 1. The first-order chi connectivity index (χ1) is 11.0. The van der Waals surface area contributed by atoms with E-state index in [1.165, 1.54) is 0 Å². The van der Waals surface area contributed by atoms with Gasteiger partial charge in [0, 0.05) is 21.7 Å². The summed E-state index contributed by atoms with van der Waals surface area (Å²) >= 11 is 12.3. The van der Waals surface area contributed by atoms with Crippen LogP contribution in [0, 0.1) is 6.92 Å². The van der Waals surface area contributed by atoms with Crippen LogP contribution in [0.15, 0.2) is 47.7 Å². The second kappa shape index (κ2) is 5.29. The largest absolute Gasteiger partial charge is 0.456 e. The van der Waals surface area contributed by atoms with Gasteiger partial charge < -0.3 is 10.1 Å². The van der Waals surface area contributed by atoms with Gasteiger partial charge in [-0.2, -0.15) is 0 Å². The molecular weight excluding hydrogens is 333 g/mol. The Morgan fingerprint density at radius 3 is 2.65 bits per heavy atom. The van der Waals surface area contributed by atoms with Crippen molar-refractivity contribution in [2.75, 3.05) is 11.9 Å². The molecule has 23 heavy (non-hydrogen) atoms. The number of benzene rings is 2. The maximum absolute atomic E-state index is 12.2. The van der Waals surface area contributed by atoms with E-state index in [-0.39, 0.29) is 18.5 Å². The molecule has 2 aromatic rings. The third kappa shape index (κ3) is 2.32. The fourth-order valence-electron chi connectivity index (χ4n) is 3.18. The van der Waals surface area contributed by atoms with Crippen LogP contribution in [0.1, 0.15) is 22.6 Å². The molecule has 0 fully saturated rings. The van der Waals surface area contributed by atoms with Crippen molar-refractivity contribution in [3.63, 3.8) is 0 Å². The van der Waals surface area contributed by atoms with Crippen LogP contribution in [0.4, 0.5) is 5.69 Å². The van der Waals surface area contributed by atoms with Crippen molar-refractivity contribution in [1.29, 1.82) is 0 Å². The average Bonchev–Trinajstić information content (AvgIpc) is 2.89. The van der Waals surface area contributed by atoms with Crippen molar-refractivity contribution in [2.24, 2.45) is 0 Å². The molecule has 2 aliphatic heterocycles. The van der Waals surface area contributed by atoms with E-state index in [1.54, 1.807) is 0 Å². The zero-order chi connectivity index (χ0) is 16.1. The molecule has 0 saturated carbocycles. The molecule has 0 amide bonds. The number of anilines is 1. The molecule has 0 aromatic heterocycles. The third-order valence-electron chi connectivity index (χ3n) is 4.31. The van der Waals surface area contributed by atoms with Gasteiger partial charge >= 0.3 is 5.97 Å². The number of hydrogen-bond donors (Lipinski definition) is 1. The van der Waals surface area contributed by atoms with Gasteiger partial charge in [-0.25, -0.2) is 4.79 Å². The van der Waals surface area contributed by atoms with Crippen molar-refractivity contribution < 1.29 is 9.53 Å². The number of aryl methyl sites for hydroxylation is 1. The summed E-state index contributed by atoms with van der Waals surface area (Å²) in [6.45, 7) is 2.22. The Balaban J connectivity index is 1.95. The number of esters is 1. The molecule has 3 nitrogen and oxygen atoms in total. The van der Waals surface area contributed by atoms with Gasteiger partial charge in [0.15, 0.2) is 0 Å². The molecule has 0 bridgehead atoms. The molecule has 5 heteroatoms. The SMILES string of the molecule is Cc1cc2c(cc1Cl)NC1=C(C(=O)OC1)C2c1ccc(Cl)cc1. The molecular formula is C18H13Cl2NO2. The number of ether oxygens (including phenoxy) is 1. The Bertz CT molecular complexity index is 856. The molecule has 2 heterocycles. The summed E-state index contributed by atoms with van der Waals surface area (Å²) in [6, 6.07) is 11.5. The van der Waals surface area contributed by atoms with E-state index in [2.05, 4.69) is 5.32 Å². The van der Waals surface area contributed by atoms with Crippen LogP contribution in [-0.2, 0) is 9.53 Å². The first-order valence-electron chi connectivity index (χ1n) is 7.27. The van der Waals surface area contributed by atoms with E-state index >= 15 is 0 Å². The second-order valence-corrected chi connectivity index (χ2v) is 6.61. The lowest BCUT2D eigenvalue weighted by Gasteiger charge is -2.28. The van der Waals surface area contributed by atoms with Crippen LogP contribution in [0.25, 0.3) is 0 Å². The number of rotatable bonds is 1. The van der Waals surface area contributed by atoms with E-state index in [9.17, 15) is 4.79 Å². The van der Waals surface area contributed by atoms with Crippen molar-refractivity contribution in [2.45, 2.75) is 12.8 Å². The fourth-order valence-corrected chi connectivity index (χ4v) is 3.47. The van der Waals surface area contributed by atoms with E-state index in [0.29, 0.717) is 15.6 Å². The Morgan fingerprint density at radius 2 is 1.91 bits per heavy atom. The molecule has 0 aliphatic carbocycles. The minimum atomic E-state index is -0.272. The first-order valence-corrected chi connectivity index (χ1v) is 8.03. The maximum Gasteiger partial charge on any atom is 0.337 e. The lowest BCUT2D eigenvalue weighted by atomic mass is 9.81. The number of carbonyl (C=O) groups excluding carboxylic acids is 1. The number of cyclic esters (lactones) is 1. The number of carbonyl (C=O) groups is 1.